The van der Waals surface area contributed by atoms with E-state index in [-0.39, 0.29) is 0 Å². The fourth-order valence-corrected chi connectivity index (χ4v) is 4.24. The summed E-state index contributed by atoms with van der Waals surface area (Å²) in [7, 11) is 0. The molecule has 2 heterocycles. The van der Waals surface area contributed by atoms with E-state index in [1.165, 1.54) is 22.3 Å². The Morgan fingerprint density at radius 3 is 2.90 bits per heavy atom. The zero-order chi connectivity index (χ0) is 20.3. The Morgan fingerprint density at radius 1 is 0.967 bits per heavy atom. The number of aromatic nitrogens is 3. The van der Waals surface area contributed by atoms with E-state index < -0.39 is 0 Å². The van der Waals surface area contributed by atoms with Gasteiger partial charge in [-0.25, -0.2) is 9.97 Å². The van der Waals surface area contributed by atoms with E-state index in [0.717, 1.165) is 60.9 Å². The molecule has 0 saturated carbocycles. The first-order valence-corrected chi connectivity index (χ1v) is 10.6. The first-order chi connectivity index (χ1) is 14.7. The van der Waals surface area contributed by atoms with Crippen LogP contribution in [0.2, 0.25) is 0 Å². The van der Waals surface area contributed by atoms with Crippen LogP contribution in [0.4, 0.5) is 0 Å². The molecule has 4 nitrogen and oxygen atoms in total. The summed E-state index contributed by atoms with van der Waals surface area (Å²) in [5.74, 6) is 1.23. The molecule has 4 aromatic rings. The van der Waals surface area contributed by atoms with E-state index in [9.17, 15) is 5.11 Å². The van der Waals surface area contributed by atoms with Crippen LogP contribution >= 0.6 is 0 Å². The summed E-state index contributed by atoms with van der Waals surface area (Å²) in [5, 5.41) is 10.9. The second-order valence-corrected chi connectivity index (χ2v) is 8.00. The minimum atomic E-state index is 0.309. The predicted octanol–water partition coefficient (Wildman–Crippen LogP) is 5.19. The van der Waals surface area contributed by atoms with E-state index in [1.54, 1.807) is 6.07 Å². The number of benzene rings is 2. The van der Waals surface area contributed by atoms with Gasteiger partial charge in [0.2, 0.25) is 0 Å². The Kier molecular flexibility index (Phi) is 5.06. The molecule has 0 aliphatic heterocycles. The topological polar surface area (TPSA) is 61.8 Å². The molecule has 0 atom stereocenters. The molecule has 0 bridgehead atoms. The van der Waals surface area contributed by atoms with Gasteiger partial charge >= 0.3 is 0 Å². The van der Waals surface area contributed by atoms with Crippen molar-refractivity contribution in [1.29, 1.82) is 0 Å². The SMILES string of the molecule is Oc1ccc2[nH]cc(CCCc3ccnc(CCc4ccc5c(c4)C=CC5)n3)c2c1. The molecular formula is C26H25N3O. The van der Waals surface area contributed by atoms with Gasteiger partial charge in [0.1, 0.15) is 11.6 Å². The number of nitrogens with one attached hydrogen (secondary N) is 1. The van der Waals surface area contributed by atoms with Gasteiger partial charge < -0.3 is 10.1 Å². The van der Waals surface area contributed by atoms with Crippen LogP contribution in [0, 0.1) is 0 Å². The highest BCUT2D eigenvalue weighted by Gasteiger charge is 2.08. The van der Waals surface area contributed by atoms with E-state index in [1.807, 2.05) is 30.6 Å². The molecule has 0 radical (unpaired) electrons. The molecule has 150 valence electrons. The highest BCUT2D eigenvalue weighted by atomic mass is 16.3. The van der Waals surface area contributed by atoms with Crippen molar-refractivity contribution in [3.05, 3.63) is 94.7 Å². The number of phenols is 1. The fourth-order valence-electron chi connectivity index (χ4n) is 4.24. The van der Waals surface area contributed by atoms with Gasteiger partial charge in [0.05, 0.1) is 0 Å². The van der Waals surface area contributed by atoms with Crippen LogP contribution in [0.5, 0.6) is 5.75 Å². The standard InChI is InChI=1S/C26H25N3O/c30-23-10-11-25-24(16-23)21(17-28-25)5-2-6-22-13-14-27-26(29-22)12-8-18-7-9-19-3-1-4-20(19)15-18/h1,4,7,9-11,13-17,28,30H,2-3,5-6,8,12H2. The van der Waals surface area contributed by atoms with Crippen molar-refractivity contribution < 1.29 is 5.11 Å². The fraction of sp³-hybridized carbons (Fsp3) is 0.231. The summed E-state index contributed by atoms with van der Waals surface area (Å²) >= 11 is 0. The minimum Gasteiger partial charge on any atom is -0.508 e. The number of nitrogens with zero attached hydrogens (tertiary/aromatic N) is 2. The molecule has 1 aliphatic rings. The second-order valence-electron chi connectivity index (χ2n) is 8.00. The molecule has 2 aromatic heterocycles. The highest BCUT2D eigenvalue weighted by molar-refractivity contribution is 5.84. The summed E-state index contributed by atoms with van der Waals surface area (Å²) < 4.78 is 0. The van der Waals surface area contributed by atoms with Crippen LogP contribution in [0.25, 0.3) is 17.0 Å². The van der Waals surface area contributed by atoms with Crippen molar-refractivity contribution in [3.63, 3.8) is 0 Å². The van der Waals surface area contributed by atoms with Gasteiger partial charge in [-0.2, -0.15) is 0 Å². The van der Waals surface area contributed by atoms with E-state index in [0.29, 0.717) is 5.75 Å². The summed E-state index contributed by atoms with van der Waals surface area (Å²) in [4.78, 5) is 12.5. The number of H-pyrrole nitrogens is 1. The van der Waals surface area contributed by atoms with Gasteiger partial charge in [0.15, 0.2) is 0 Å². The molecule has 0 spiro atoms. The first-order valence-electron chi connectivity index (χ1n) is 10.6. The van der Waals surface area contributed by atoms with Crippen molar-refractivity contribution >= 4 is 17.0 Å². The molecule has 5 rings (SSSR count). The summed E-state index contributed by atoms with van der Waals surface area (Å²) in [6, 6.07) is 14.2. The maximum atomic E-state index is 9.75. The van der Waals surface area contributed by atoms with E-state index in [2.05, 4.69) is 40.3 Å². The van der Waals surface area contributed by atoms with Gasteiger partial charge in [-0.05, 0) is 78.6 Å². The summed E-state index contributed by atoms with van der Waals surface area (Å²) in [5.41, 5.74) is 7.52. The lowest BCUT2D eigenvalue weighted by Crippen LogP contribution is -2.02. The Morgan fingerprint density at radius 2 is 1.93 bits per heavy atom. The number of aromatic hydroxyl groups is 1. The average Bonchev–Trinajstić information content (AvgIpc) is 3.39. The Bertz CT molecular complexity index is 1220. The molecule has 0 fully saturated rings. The Balaban J connectivity index is 1.18. The molecule has 2 aromatic carbocycles. The number of allylic oxidation sites excluding steroid dienone is 1. The van der Waals surface area contributed by atoms with Crippen LogP contribution in [0.1, 0.15) is 40.2 Å². The Labute approximate surface area is 176 Å². The zero-order valence-electron chi connectivity index (χ0n) is 16.9. The quantitative estimate of drug-likeness (QED) is 0.452. The third kappa shape index (κ3) is 3.99. The number of aromatic amines is 1. The molecule has 2 N–H and O–H groups in total. The van der Waals surface area contributed by atoms with Gasteiger partial charge in [0, 0.05) is 35.4 Å². The van der Waals surface area contributed by atoms with Crippen LogP contribution in [-0.2, 0) is 32.1 Å². The minimum absolute atomic E-state index is 0.309. The first kappa shape index (κ1) is 18.6. The number of phenolic OH excluding ortho intramolecular Hbond substituents is 1. The summed E-state index contributed by atoms with van der Waals surface area (Å²) in [6.45, 7) is 0. The lowest BCUT2D eigenvalue weighted by atomic mass is 10.0. The number of hydrogen-bond acceptors (Lipinski definition) is 3. The molecule has 0 saturated heterocycles. The summed E-state index contributed by atoms with van der Waals surface area (Å²) in [6.07, 6.45) is 14.1. The van der Waals surface area contributed by atoms with Crippen LogP contribution in [-0.4, -0.2) is 20.1 Å². The van der Waals surface area contributed by atoms with Gasteiger partial charge in [-0.15, -0.1) is 0 Å². The smallest absolute Gasteiger partial charge is 0.128 e. The maximum absolute atomic E-state index is 9.75. The van der Waals surface area contributed by atoms with Crippen LogP contribution < -0.4 is 0 Å². The maximum Gasteiger partial charge on any atom is 0.128 e. The third-order valence-corrected chi connectivity index (χ3v) is 5.88. The lowest BCUT2D eigenvalue weighted by molar-refractivity contribution is 0.476. The number of hydrogen-bond donors (Lipinski definition) is 2. The van der Waals surface area contributed by atoms with Gasteiger partial charge in [-0.3, -0.25) is 0 Å². The Hall–Kier alpha value is -3.40. The third-order valence-electron chi connectivity index (χ3n) is 5.88. The predicted molar refractivity (Wildman–Crippen MR) is 121 cm³/mol. The molecule has 1 aliphatic carbocycles. The highest BCUT2D eigenvalue weighted by Crippen LogP contribution is 2.24. The van der Waals surface area contributed by atoms with Crippen molar-refractivity contribution in [3.8, 4) is 5.75 Å². The van der Waals surface area contributed by atoms with Crippen molar-refractivity contribution in [2.75, 3.05) is 0 Å². The van der Waals surface area contributed by atoms with Crippen LogP contribution in [0.15, 0.2) is 60.9 Å². The normalized spacial score (nSPS) is 12.5. The molecular weight excluding hydrogens is 370 g/mol. The monoisotopic (exact) mass is 395 g/mol. The van der Waals surface area contributed by atoms with Crippen LogP contribution in [0.3, 0.4) is 0 Å². The molecule has 4 heteroatoms. The van der Waals surface area contributed by atoms with E-state index in [4.69, 9.17) is 4.98 Å². The molecule has 30 heavy (non-hydrogen) atoms. The molecule has 0 amide bonds. The van der Waals surface area contributed by atoms with Crippen molar-refractivity contribution in [2.45, 2.75) is 38.5 Å². The zero-order valence-corrected chi connectivity index (χ0v) is 16.9. The molecule has 0 unspecified atom stereocenters. The number of rotatable bonds is 7. The van der Waals surface area contributed by atoms with Crippen molar-refractivity contribution in [1.82, 2.24) is 15.0 Å². The second kappa shape index (κ2) is 8.15. The van der Waals surface area contributed by atoms with Crippen molar-refractivity contribution in [2.24, 2.45) is 0 Å². The van der Waals surface area contributed by atoms with Gasteiger partial charge in [-0.1, -0.05) is 30.4 Å². The number of aryl methyl sites for hydroxylation is 4. The largest absolute Gasteiger partial charge is 0.508 e. The van der Waals surface area contributed by atoms with E-state index >= 15 is 0 Å². The van der Waals surface area contributed by atoms with Gasteiger partial charge in [0.25, 0.3) is 0 Å². The lowest BCUT2D eigenvalue weighted by Gasteiger charge is -2.06. The number of fused-ring (bicyclic) bond motifs is 2. The average molecular weight is 396 g/mol.